The van der Waals surface area contributed by atoms with Gasteiger partial charge in [0.05, 0.1) is 11.9 Å². The fourth-order valence-electron chi connectivity index (χ4n) is 1.75. The molecule has 0 fully saturated rings. The normalized spacial score (nSPS) is 11.3. The summed E-state index contributed by atoms with van der Waals surface area (Å²) in [5, 5.41) is 4.74. The third-order valence-corrected chi connectivity index (χ3v) is 2.71. The van der Waals surface area contributed by atoms with Crippen LogP contribution >= 0.6 is 0 Å². The molecule has 0 saturated heterocycles. The van der Waals surface area contributed by atoms with E-state index in [1.54, 1.807) is 10.8 Å². The van der Waals surface area contributed by atoms with Crippen molar-refractivity contribution in [3.63, 3.8) is 0 Å². The molecule has 0 aliphatic rings. The Morgan fingerprint density at radius 3 is 2.77 bits per heavy atom. The molecule has 1 aromatic carbocycles. The first kappa shape index (κ1) is 15.8. The minimum absolute atomic E-state index is 0.0358. The van der Waals surface area contributed by atoms with Crippen molar-refractivity contribution in [2.24, 2.45) is 5.73 Å². The van der Waals surface area contributed by atoms with Crippen molar-refractivity contribution in [1.82, 2.24) is 9.55 Å². The van der Waals surface area contributed by atoms with Crippen LogP contribution in [0.2, 0.25) is 0 Å². The maximum atomic E-state index is 12.6. The Balaban J connectivity index is 1.99. The number of nitrogens with one attached hydrogen (secondary N) is 2. The molecule has 0 spiro atoms. The molecule has 0 radical (unpaired) electrons. The molecule has 22 heavy (non-hydrogen) atoms. The number of benzene rings is 1. The van der Waals surface area contributed by atoms with Crippen LogP contribution in [0, 0.1) is 0 Å². The van der Waals surface area contributed by atoms with Crippen LogP contribution < -0.4 is 16.4 Å². The molecule has 1 aromatic heterocycles. The molecule has 6 nitrogen and oxygen atoms in total. The van der Waals surface area contributed by atoms with Crippen molar-refractivity contribution in [3.05, 3.63) is 42.4 Å². The maximum Gasteiger partial charge on any atom is 0.416 e. The summed E-state index contributed by atoms with van der Waals surface area (Å²) in [6.45, 7) is 0.968. The van der Waals surface area contributed by atoms with Gasteiger partial charge >= 0.3 is 12.2 Å². The molecule has 0 aliphatic heterocycles. The second-order valence-electron chi connectivity index (χ2n) is 4.44. The van der Waals surface area contributed by atoms with Gasteiger partial charge < -0.3 is 15.6 Å². The number of carbonyl (C=O) groups is 1. The summed E-state index contributed by atoms with van der Waals surface area (Å²) in [4.78, 5) is 15.7. The molecule has 2 amide bonds. The van der Waals surface area contributed by atoms with Gasteiger partial charge in [0.15, 0.2) is 5.82 Å². The van der Waals surface area contributed by atoms with Crippen molar-refractivity contribution in [2.45, 2.75) is 12.7 Å². The highest BCUT2D eigenvalue weighted by Gasteiger charge is 2.30. The highest BCUT2D eigenvalue weighted by molar-refractivity contribution is 5.99. The average Bonchev–Trinajstić information content (AvgIpc) is 2.85. The van der Waals surface area contributed by atoms with Crippen LogP contribution in [0.25, 0.3) is 0 Å². The van der Waals surface area contributed by atoms with E-state index in [4.69, 9.17) is 5.73 Å². The van der Waals surface area contributed by atoms with Crippen LogP contribution in [0.4, 0.5) is 29.5 Å². The van der Waals surface area contributed by atoms with Gasteiger partial charge in [-0.1, -0.05) is 6.07 Å². The van der Waals surface area contributed by atoms with Crippen molar-refractivity contribution in [1.29, 1.82) is 0 Å². The molecule has 0 saturated carbocycles. The van der Waals surface area contributed by atoms with Gasteiger partial charge in [-0.25, -0.2) is 9.78 Å². The van der Waals surface area contributed by atoms with Gasteiger partial charge in [0.1, 0.15) is 0 Å². The molecule has 0 aliphatic carbocycles. The van der Waals surface area contributed by atoms with Crippen LogP contribution in [0.15, 0.2) is 36.8 Å². The molecular formula is C13H14F3N5O. The van der Waals surface area contributed by atoms with E-state index >= 15 is 0 Å². The Hall–Kier alpha value is -2.55. The van der Waals surface area contributed by atoms with Crippen LogP contribution in [-0.2, 0) is 12.7 Å². The molecule has 0 unspecified atom stereocenters. The minimum atomic E-state index is -4.46. The quantitative estimate of drug-likeness (QED) is 0.811. The fraction of sp³-hybridized carbons (Fsp3) is 0.231. The largest absolute Gasteiger partial charge is 0.416 e. The molecule has 9 heteroatoms. The van der Waals surface area contributed by atoms with Crippen LogP contribution in [0.1, 0.15) is 5.56 Å². The van der Waals surface area contributed by atoms with Gasteiger partial charge in [-0.15, -0.1) is 0 Å². The second kappa shape index (κ2) is 6.48. The van der Waals surface area contributed by atoms with E-state index in [0.29, 0.717) is 13.1 Å². The Morgan fingerprint density at radius 1 is 1.32 bits per heavy atom. The smallest absolute Gasteiger partial charge is 0.334 e. The first-order chi connectivity index (χ1) is 10.4. The number of imidazole rings is 1. The Bertz CT molecular complexity index is 653. The lowest BCUT2D eigenvalue weighted by atomic mass is 10.2. The third-order valence-electron chi connectivity index (χ3n) is 2.71. The van der Waals surface area contributed by atoms with E-state index in [1.807, 2.05) is 0 Å². The molecule has 1 heterocycles. The number of anilines is 2. The van der Waals surface area contributed by atoms with E-state index in [1.165, 1.54) is 18.5 Å². The summed E-state index contributed by atoms with van der Waals surface area (Å²) in [6.07, 6.45) is -1.40. The summed E-state index contributed by atoms with van der Waals surface area (Å²) in [5.41, 5.74) is 4.58. The van der Waals surface area contributed by atoms with Gasteiger partial charge in [0, 0.05) is 25.0 Å². The lowest BCUT2D eigenvalue weighted by molar-refractivity contribution is -0.137. The molecule has 118 valence electrons. The molecule has 0 atom stereocenters. The van der Waals surface area contributed by atoms with E-state index < -0.39 is 17.8 Å². The summed E-state index contributed by atoms with van der Waals surface area (Å²) in [6, 6.07) is 3.68. The van der Waals surface area contributed by atoms with Crippen molar-refractivity contribution >= 4 is 17.5 Å². The van der Waals surface area contributed by atoms with Crippen LogP contribution in [-0.4, -0.2) is 22.1 Å². The number of nitrogens with zero attached hydrogens (tertiary/aromatic N) is 2. The highest BCUT2D eigenvalue weighted by Crippen LogP contribution is 2.30. The Labute approximate surface area is 124 Å². The summed E-state index contributed by atoms with van der Waals surface area (Å²) >= 11 is 0. The minimum Gasteiger partial charge on any atom is -0.334 e. The number of urea groups is 1. The number of hydrogen-bond donors (Lipinski definition) is 3. The number of rotatable bonds is 4. The number of carbonyl (C=O) groups excluding carboxylic acids is 1. The van der Waals surface area contributed by atoms with Crippen molar-refractivity contribution < 1.29 is 18.0 Å². The summed E-state index contributed by atoms with van der Waals surface area (Å²) < 4.78 is 39.4. The third kappa shape index (κ3) is 4.22. The fourth-order valence-corrected chi connectivity index (χ4v) is 1.75. The van der Waals surface area contributed by atoms with Crippen LogP contribution in [0.3, 0.4) is 0 Å². The SMILES string of the molecule is NCCn1cnc(NC(=O)Nc2cccc(C(F)(F)F)c2)c1. The Kier molecular flexibility index (Phi) is 4.66. The molecular weight excluding hydrogens is 299 g/mol. The zero-order chi connectivity index (χ0) is 16.2. The zero-order valence-electron chi connectivity index (χ0n) is 11.4. The van der Waals surface area contributed by atoms with Crippen LogP contribution in [0.5, 0.6) is 0 Å². The number of nitrogens with two attached hydrogens (primary N) is 1. The molecule has 4 N–H and O–H groups in total. The predicted molar refractivity (Wildman–Crippen MR) is 75.4 cm³/mol. The number of aromatic nitrogens is 2. The highest BCUT2D eigenvalue weighted by atomic mass is 19.4. The van der Waals surface area contributed by atoms with Gasteiger partial charge in [0.2, 0.25) is 0 Å². The monoisotopic (exact) mass is 313 g/mol. The summed E-state index contributed by atoms with van der Waals surface area (Å²) in [5.74, 6) is 0.276. The van der Waals surface area contributed by atoms with Crippen molar-refractivity contribution in [2.75, 3.05) is 17.2 Å². The number of halogens is 3. The first-order valence-electron chi connectivity index (χ1n) is 6.35. The lowest BCUT2D eigenvalue weighted by Crippen LogP contribution is -2.20. The maximum absolute atomic E-state index is 12.6. The van der Waals surface area contributed by atoms with Gasteiger partial charge in [-0.05, 0) is 18.2 Å². The lowest BCUT2D eigenvalue weighted by Gasteiger charge is -2.10. The zero-order valence-corrected chi connectivity index (χ0v) is 11.4. The Morgan fingerprint density at radius 2 is 2.09 bits per heavy atom. The van der Waals surface area contributed by atoms with E-state index in [0.717, 1.165) is 12.1 Å². The van der Waals surface area contributed by atoms with Gasteiger partial charge in [0.25, 0.3) is 0 Å². The molecule has 2 rings (SSSR count). The topological polar surface area (TPSA) is 85.0 Å². The average molecular weight is 313 g/mol. The number of hydrogen-bond acceptors (Lipinski definition) is 3. The standard InChI is InChI=1S/C13H14F3N5O/c14-13(15,16)9-2-1-3-10(6-9)19-12(22)20-11-7-21(5-4-17)8-18-11/h1-3,6-8H,4-5,17H2,(H2,19,20,22). The first-order valence-corrected chi connectivity index (χ1v) is 6.35. The molecule has 0 bridgehead atoms. The van der Waals surface area contributed by atoms with Crippen molar-refractivity contribution in [3.8, 4) is 0 Å². The predicted octanol–water partition coefficient (Wildman–Crippen LogP) is 2.50. The summed E-state index contributed by atoms with van der Waals surface area (Å²) in [7, 11) is 0. The van der Waals surface area contributed by atoms with E-state index in [9.17, 15) is 18.0 Å². The van der Waals surface area contributed by atoms with Gasteiger partial charge in [-0.2, -0.15) is 13.2 Å². The van der Waals surface area contributed by atoms with E-state index in [2.05, 4.69) is 15.6 Å². The number of amides is 2. The van der Waals surface area contributed by atoms with Gasteiger partial charge in [-0.3, -0.25) is 5.32 Å². The number of alkyl halides is 3. The second-order valence-corrected chi connectivity index (χ2v) is 4.44. The molecule has 2 aromatic rings. The van der Waals surface area contributed by atoms with E-state index in [-0.39, 0.29) is 11.5 Å².